The van der Waals surface area contributed by atoms with E-state index in [4.69, 9.17) is 14.2 Å². The summed E-state index contributed by atoms with van der Waals surface area (Å²) >= 11 is 0. The fourth-order valence-electron chi connectivity index (χ4n) is 7.91. The van der Waals surface area contributed by atoms with E-state index in [2.05, 4.69) is 18.5 Å². The lowest BCUT2D eigenvalue weighted by Crippen LogP contribution is -2.62. The minimum atomic E-state index is -1.28. The zero-order valence-electron chi connectivity index (χ0n) is 29.9. The van der Waals surface area contributed by atoms with Gasteiger partial charge in [-0.05, 0) is 51.5 Å². The Labute approximate surface area is 291 Å². The molecule has 2 bridgehead atoms. The van der Waals surface area contributed by atoms with Crippen molar-refractivity contribution in [1.29, 1.82) is 0 Å². The maximum Gasteiger partial charge on any atom is 0.313 e. The van der Waals surface area contributed by atoms with Gasteiger partial charge in [0, 0.05) is 25.6 Å². The Kier molecular flexibility index (Phi) is 12.5. The zero-order chi connectivity index (χ0) is 36.1. The molecule has 3 amide bonds. The molecule has 3 saturated heterocycles. The van der Waals surface area contributed by atoms with Crippen LogP contribution in [-0.4, -0.2) is 101 Å². The molecule has 0 aliphatic carbocycles. The number of benzene rings is 1. The van der Waals surface area contributed by atoms with E-state index in [0.717, 1.165) is 0 Å². The molecule has 3 heterocycles. The van der Waals surface area contributed by atoms with Gasteiger partial charge in [0.05, 0.1) is 43.2 Å². The molecule has 0 aromatic heterocycles. The third-order valence-corrected chi connectivity index (χ3v) is 10.5. The van der Waals surface area contributed by atoms with Gasteiger partial charge in [-0.2, -0.15) is 0 Å². The summed E-state index contributed by atoms with van der Waals surface area (Å²) in [4.78, 5) is 60.0. The average molecular weight is 682 g/mol. The number of rotatable bonds is 17. The van der Waals surface area contributed by atoms with Crippen molar-refractivity contribution < 1.29 is 38.5 Å². The second-order valence-corrected chi connectivity index (χ2v) is 14.6. The Morgan fingerprint density at radius 1 is 1.20 bits per heavy atom. The lowest BCUT2D eigenvalue weighted by atomic mass is 9.70. The third-order valence-electron chi connectivity index (χ3n) is 10.5. The second kappa shape index (κ2) is 16.0. The molecule has 3 aliphatic heterocycles. The molecule has 0 saturated carbocycles. The van der Waals surface area contributed by atoms with Gasteiger partial charge in [-0.1, -0.05) is 62.8 Å². The number of nitrogens with zero attached hydrogens (tertiary/aromatic N) is 2. The van der Waals surface area contributed by atoms with Gasteiger partial charge in [-0.15, -0.1) is 13.2 Å². The average Bonchev–Trinajstić information content (AvgIpc) is 3.72. The molecule has 3 aliphatic rings. The van der Waals surface area contributed by atoms with E-state index in [1.807, 2.05) is 65.0 Å². The molecule has 1 aromatic rings. The van der Waals surface area contributed by atoms with E-state index in [-0.39, 0.29) is 43.9 Å². The molecule has 4 rings (SSSR count). The van der Waals surface area contributed by atoms with E-state index < -0.39 is 65.2 Å². The summed E-state index contributed by atoms with van der Waals surface area (Å²) in [6.45, 7) is 17.2. The molecule has 270 valence electrons. The first-order chi connectivity index (χ1) is 23.3. The second-order valence-electron chi connectivity index (χ2n) is 14.6. The van der Waals surface area contributed by atoms with Crippen LogP contribution in [0.3, 0.4) is 0 Å². The molecule has 0 radical (unpaired) electrons. The Morgan fingerprint density at radius 3 is 2.47 bits per heavy atom. The van der Waals surface area contributed by atoms with Crippen molar-refractivity contribution in [2.75, 3.05) is 26.9 Å². The van der Waals surface area contributed by atoms with E-state index in [1.165, 1.54) is 12.0 Å². The molecule has 11 heteroatoms. The number of aliphatic hydroxyl groups excluding tert-OH is 1. The molecule has 0 unspecified atom stereocenters. The smallest absolute Gasteiger partial charge is 0.313 e. The van der Waals surface area contributed by atoms with Crippen LogP contribution < -0.4 is 5.32 Å². The van der Waals surface area contributed by atoms with E-state index in [0.29, 0.717) is 31.2 Å². The predicted molar refractivity (Wildman–Crippen MR) is 185 cm³/mol. The highest BCUT2D eigenvalue weighted by Crippen LogP contribution is 2.60. The van der Waals surface area contributed by atoms with Crippen LogP contribution in [0.15, 0.2) is 55.6 Å². The Bertz CT molecular complexity index is 1360. The van der Waals surface area contributed by atoms with Crippen molar-refractivity contribution in [3.63, 3.8) is 0 Å². The van der Waals surface area contributed by atoms with Gasteiger partial charge in [0.1, 0.15) is 17.7 Å². The van der Waals surface area contributed by atoms with Crippen molar-refractivity contribution in [1.82, 2.24) is 15.1 Å². The summed E-state index contributed by atoms with van der Waals surface area (Å²) in [6.07, 6.45) is 3.96. The highest BCUT2D eigenvalue weighted by Gasteiger charge is 2.76. The largest absolute Gasteiger partial charge is 0.455 e. The maximum absolute atomic E-state index is 14.7. The maximum atomic E-state index is 14.7. The summed E-state index contributed by atoms with van der Waals surface area (Å²) in [6, 6.07) is 6.66. The Hall–Kier alpha value is -3.54. The summed E-state index contributed by atoms with van der Waals surface area (Å²) in [5, 5.41) is 13.6. The number of aliphatic hydroxyl groups is 1. The number of methoxy groups -OCH3 is 1. The van der Waals surface area contributed by atoms with Crippen molar-refractivity contribution in [3.05, 3.63) is 61.2 Å². The van der Waals surface area contributed by atoms with E-state index in [1.54, 1.807) is 17.1 Å². The number of carbonyl (C=O) groups is 4. The number of ether oxygens (including phenoxy) is 3. The van der Waals surface area contributed by atoms with Crippen LogP contribution >= 0.6 is 0 Å². The van der Waals surface area contributed by atoms with Gasteiger partial charge < -0.3 is 34.4 Å². The first kappa shape index (κ1) is 38.3. The zero-order valence-corrected chi connectivity index (χ0v) is 29.9. The summed E-state index contributed by atoms with van der Waals surface area (Å²) < 4.78 is 18.5. The van der Waals surface area contributed by atoms with Crippen LogP contribution in [0.1, 0.15) is 78.4 Å². The number of nitrogens with one attached hydrogen (secondary N) is 1. The standard InChI is InChI=1S/C38H55N3O8/c1-9-12-18-29(43)39-26(23-47-8)32(25-16-14-13-15-17-25)48-36(46)30-28-19-20-38(49-28)31(30)34(44)41(27(22-42)24(4)11-3)33(38)35(45)40(21-10-2)37(5,6)7/h9-10,13-17,24,26-28,30-33,42H,1-2,11-12,18-23H2,3-8H3,(H,39,43)/t24-,26+,27-,28+,30-,31-,32+,33+,38-/m0/s1. The number of amides is 3. The van der Waals surface area contributed by atoms with Crippen LogP contribution in [0.25, 0.3) is 0 Å². The summed E-state index contributed by atoms with van der Waals surface area (Å²) in [5.74, 6) is -3.70. The van der Waals surface area contributed by atoms with Crippen LogP contribution in [-0.2, 0) is 33.4 Å². The SMILES string of the molecule is C=CCCC(=O)N[C@H](COC)[C@H](OC(=O)[C@@H]1[C@H]2C(=O)N([C@@H](CO)[C@@H](C)CC)[C@H](C(=O)N(CC=C)C(C)(C)C)[C@]23CC[C@H]1O3)c1ccccc1. The molecule has 2 N–H and O–H groups in total. The van der Waals surface area contributed by atoms with Crippen molar-refractivity contribution in [3.8, 4) is 0 Å². The van der Waals surface area contributed by atoms with Crippen molar-refractivity contribution in [2.45, 2.75) is 108 Å². The molecule has 49 heavy (non-hydrogen) atoms. The number of carbonyl (C=O) groups excluding carboxylic acids is 4. The molecule has 11 nitrogen and oxygen atoms in total. The van der Waals surface area contributed by atoms with Crippen molar-refractivity contribution in [2.24, 2.45) is 17.8 Å². The Morgan fingerprint density at radius 2 is 1.90 bits per heavy atom. The van der Waals surface area contributed by atoms with Crippen LogP contribution in [0.5, 0.6) is 0 Å². The topological polar surface area (TPSA) is 135 Å². The minimum Gasteiger partial charge on any atom is -0.455 e. The molecular formula is C38H55N3O8. The lowest BCUT2D eigenvalue weighted by molar-refractivity contribution is -0.164. The quantitative estimate of drug-likeness (QED) is 0.187. The van der Waals surface area contributed by atoms with Gasteiger partial charge in [-0.25, -0.2) is 0 Å². The molecule has 1 spiro atoms. The number of allylic oxidation sites excluding steroid dienone is 1. The molecule has 1 aromatic carbocycles. The summed E-state index contributed by atoms with van der Waals surface area (Å²) in [7, 11) is 1.51. The van der Waals surface area contributed by atoms with Gasteiger partial charge in [0.15, 0.2) is 0 Å². The van der Waals surface area contributed by atoms with E-state index >= 15 is 0 Å². The van der Waals surface area contributed by atoms with Crippen LogP contribution in [0.2, 0.25) is 0 Å². The Balaban J connectivity index is 1.76. The number of hydrogen-bond donors (Lipinski definition) is 2. The normalized spacial score (nSPS) is 26.8. The number of esters is 1. The van der Waals surface area contributed by atoms with Gasteiger partial charge in [0.2, 0.25) is 17.7 Å². The monoisotopic (exact) mass is 681 g/mol. The highest BCUT2D eigenvalue weighted by molar-refractivity contribution is 5.98. The van der Waals surface area contributed by atoms with Gasteiger partial charge in [0.25, 0.3) is 0 Å². The molecular weight excluding hydrogens is 626 g/mol. The van der Waals surface area contributed by atoms with E-state index in [9.17, 15) is 24.3 Å². The first-order valence-electron chi connectivity index (χ1n) is 17.5. The third kappa shape index (κ3) is 7.49. The fourth-order valence-corrected chi connectivity index (χ4v) is 7.91. The predicted octanol–water partition coefficient (Wildman–Crippen LogP) is 3.96. The molecule has 3 fully saturated rings. The highest BCUT2D eigenvalue weighted by atomic mass is 16.6. The first-order valence-corrected chi connectivity index (χ1v) is 17.5. The van der Waals surface area contributed by atoms with Crippen molar-refractivity contribution >= 4 is 23.7 Å². The number of hydrogen-bond acceptors (Lipinski definition) is 8. The number of likely N-dealkylation sites (tertiary alicyclic amines) is 1. The lowest BCUT2D eigenvalue weighted by Gasteiger charge is -2.44. The van der Waals surface area contributed by atoms with Crippen LogP contribution in [0.4, 0.5) is 0 Å². The summed E-state index contributed by atoms with van der Waals surface area (Å²) in [5.41, 5.74) is -1.24. The van der Waals surface area contributed by atoms with Gasteiger partial charge in [-0.3, -0.25) is 19.2 Å². The van der Waals surface area contributed by atoms with Crippen LogP contribution in [0, 0.1) is 17.8 Å². The number of fused-ring (bicyclic) bond motifs is 1. The minimum absolute atomic E-state index is 0.0624. The van der Waals surface area contributed by atoms with Gasteiger partial charge >= 0.3 is 5.97 Å². The fraction of sp³-hybridized carbons (Fsp3) is 0.632. The molecule has 9 atom stereocenters.